The molecule has 0 aliphatic carbocycles. The summed E-state index contributed by atoms with van der Waals surface area (Å²) in [4.78, 5) is 0.723. The Morgan fingerprint density at radius 3 is 2.67 bits per heavy atom. The van der Waals surface area contributed by atoms with Gasteiger partial charge in [0.25, 0.3) is 0 Å². The van der Waals surface area contributed by atoms with Gasteiger partial charge in [0.2, 0.25) is 4.96 Å². The highest BCUT2D eigenvalue weighted by Crippen LogP contribution is 2.27. The number of aromatic nitrogens is 4. The third-order valence-corrected chi connectivity index (χ3v) is 3.66. The van der Waals surface area contributed by atoms with E-state index in [0.717, 1.165) is 9.97 Å². The van der Waals surface area contributed by atoms with Crippen LogP contribution in [0.15, 0.2) is 24.3 Å². The molecule has 8 heteroatoms. The highest BCUT2D eigenvalue weighted by molar-refractivity contribution is 7.16. The van der Waals surface area contributed by atoms with Crippen molar-refractivity contribution >= 4 is 16.3 Å². The number of hydrogen-bond donors (Lipinski definition) is 0. The molecule has 0 unspecified atom stereocenters. The Hall–Kier alpha value is -2.19. The number of benzene rings is 1. The van der Waals surface area contributed by atoms with Gasteiger partial charge in [-0.25, -0.2) is 0 Å². The quantitative estimate of drug-likeness (QED) is 0.693. The normalized spacial score (nSPS) is 11.0. The topological polar surface area (TPSA) is 70.8 Å². The molecule has 0 saturated heterocycles. The summed E-state index contributed by atoms with van der Waals surface area (Å²) in [5.41, 5.74) is 0. The zero-order chi connectivity index (χ0) is 14.7. The molecule has 0 bridgehead atoms. The summed E-state index contributed by atoms with van der Waals surface area (Å²) in [6.07, 6.45) is 0. The lowest BCUT2D eigenvalue weighted by Gasteiger charge is -2.08. The van der Waals surface area contributed by atoms with Crippen LogP contribution in [0, 0.1) is 0 Å². The summed E-state index contributed by atoms with van der Waals surface area (Å²) in [5, 5.41) is 13.3. The molecule has 0 radical (unpaired) electrons. The van der Waals surface area contributed by atoms with E-state index in [2.05, 4.69) is 15.3 Å². The van der Waals surface area contributed by atoms with Crippen LogP contribution in [0.25, 0.3) is 4.96 Å². The van der Waals surface area contributed by atoms with E-state index in [1.165, 1.54) is 11.3 Å². The third-order valence-electron chi connectivity index (χ3n) is 2.79. The van der Waals surface area contributed by atoms with Gasteiger partial charge < -0.3 is 14.2 Å². The molecule has 0 aliphatic heterocycles. The molecule has 0 atom stereocenters. The van der Waals surface area contributed by atoms with Gasteiger partial charge in [0.15, 0.2) is 22.3 Å². The molecule has 0 spiro atoms. The van der Waals surface area contributed by atoms with Crippen LogP contribution >= 0.6 is 11.3 Å². The number of fused-ring (bicyclic) bond motifs is 1. The number of ether oxygens (including phenoxy) is 3. The van der Waals surface area contributed by atoms with Crippen LogP contribution < -0.4 is 9.47 Å². The molecular weight excluding hydrogens is 292 g/mol. The summed E-state index contributed by atoms with van der Waals surface area (Å²) < 4.78 is 17.7. The summed E-state index contributed by atoms with van der Waals surface area (Å²) in [6, 6.07) is 7.50. The fraction of sp³-hybridized carbons (Fsp3) is 0.308. The minimum absolute atomic E-state index is 0.348. The van der Waals surface area contributed by atoms with Gasteiger partial charge in [0.1, 0.15) is 13.2 Å². The molecule has 0 fully saturated rings. The fourth-order valence-corrected chi connectivity index (χ4v) is 2.62. The van der Waals surface area contributed by atoms with E-state index in [-0.39, 0.29) is 0 Å². The zero-order valence-electron chi connectivity index (χ0n) is 11.6. The Labute approximate surface area is 125 Å². The highest BCUT2D eigenvalue weighted by Gasteiger charge is 2.12. The second-order valence-electron chi connectivity index (χ2n) is 4.18. The molecule has 3 aromatic rings. The standard InChI is InChI=1S/C13H14N4O3S/c1-18-7-11-14-15-13-17(11)16-12(21-13)8-20-10-6-4-3-5-9(10)19-2/h3-6H,7-8H2,1-2H3. The minimum Gasteiger partial charge on any atom is -0.493 e. The Balaban J connectivity index is 1.76. The van der Waals surface area contributed by atoms with E-state index in [9.17, 15) is 0 Å². The van der Waals surface area contributed by atoms with Crippen molar-refractivity contribution in [2.24, 2.45) is 0 Å². The van der Waals surface area contributed by atoms with Crippen molar-refractivity contribution in [2.45, 2.75) is 13.2 Å². The first-order valence-electron chi connectivity index (χ1n) is 6.26. The zero-order valence-corrected chi connectivity index (χ0v) is 12.5. The van der Waals surface area contributed by atoms with Crippen LogP contribution in [0.2, 0.25) is 0 Å². The van der Waals surface area contributed by atoms with E-state index in [0.29, 0.717) is 30.5 Å². The molecule has 2 heterocycles. The molecule has 1 aromatic carbocycles. The molecule has 0 N–H and O–H groups in total. The predicted octanol–water partition coefficient (Wildman–Crippen LogP) is 1.92. The van der Waals surface area contributed by atoms with Crippen molar-refractivity contribution in [3.63, 3.8) is 0 Å². The van der Waals surface area contributed by atoms with Crippen molar-refractivity contribution in [3.8, 4) is 11.5 Å². The van der Waals surface area contributed by atoms with Crippen molar-refractivity contribution in [1.29, 1.82) is 0 Å². The van der Waals surface area contributed by atoms with Crippen LogP contribution in [0.1, 0.15) is 10.8 Å². The maximum Gasteiger partial charge on any atom is 0.234 e. The molecular formula is C13H14N4O3S. The van der Waals surface area contributed by atoms with Crippen molar-refractivity contribution in [2.75, 3.05) is 14.2 Å². The SMILES string of the molecule is COCc1nnc2sc(COc3ccccc3OC)nn12. The van der Waals surface area contributed by atoms with E-state index < -0.39 is 0 Å². The Morgan fingerprint density at radius 1 is 1.10 bits per heavy atom. The number of rotatable bonds is 6. The first kappa shape index (κ1) is 13.8. The number of methoxy groups -OCH3 is 2. The van der Waals surface area contributed by atoms with E-state index in [4.69, 9.17) is 14.2 Å². The molecule has 0 saturated carbocycles. The molecule has 110 valence electrons. The fourth-order valence-electron chi connectivity index (χ4n) is 1.85. The average Bonchev–Trinajstić information content (AvgIpc) is 3.07. The lowest BCUT2D eigenvalue weighted by molar-refractivity contribution is 0.176. The van der Waals surface area contributed by atoms with Gasteiger partial charge in [-0.1, -0.05) is 23.5 Å². The van der Waals surface area contributed by atoms with Crippen LogP contribution in [-0.2, 0) is 18.0 Å². The first-order valence-corrected chi connectivity index (χ1v) is 7.08. The summed E-state index contributed by atoms with van der Waals surface area (Å²) in [5.74, 6) is 2.05. The van der Waals surface area contributed by atoms with Gasteiger partial charge in [-0.15, -0.1) is 10.2 Å². The van der Waals surface area contributed by atoms with Gasteiger partial charge in [-0.05, 0) is 12.1 Å². The molecule has 21 heavy (non-hydrogen) atoms. The number of para-hydroxylation sites is 2. The molecule has 0 aliphatic rings. The van der Waals surface area contributed by atoms with Crippen LogP contribution in [0.3, 0.4) is 0 Å². The van der Waals surface area contributed by atoms with Crippen molar-refractivity contribution in [3.05, 3.63) is 35.1 Å². The Bertz CT molecular complexity index is 740. The van der Waals surface area contributed by atoms with E-state index in [1.54, 1.807) is 18.7 Å². The van der Waals surface area contributed by atoms with E-state index >= 15 is 0 Å². The maximum atomic E-state index is 5.74. The smallest absolute Gasteiger partial charge is 0.234 e. The van der Waals surface area contributed by atoms with Crippen LogP contribution in [-0.4, -0.2) is 34.0 Å². The lowest BCUT2D eigenvalue weighted by Crippen LogP contribution is -2.01. The predicted molar refractivity (Wildman–Crippen MR) is 76.7 cm³/mol. The monoisotopic (exact) mass is 306 g/mol. The largest absolute Gasteiger partial charge is 0.493 e. The van der Waals surface area contributed by atoms with Crippen LogP contribution in [0.5, 0.6) is 11.5 Å². The van der Waals surface area contributed by atoms with Gasteiger partial charge in [-0.2, -0.15) is 9.61 Å². The summed E-state index contributed by atoms with van der Waals surface area (Å²) >= 11 is 1.43. The average molecular weight is 306 g/mol. The Morgan fingerprint density at radius 2 is 1.90 bits per heavy atom. The molecule has 0 amide bonds. The molecule has 7 nitrogen and oxygen atoms in total. The third kappa shape index (κ3) is 2.81. The Kier molecular flexibility index (Phi) is 3.98. The number of hydrogen-bond acceptors (Lipinski definition) is 7. The van der Waals surface area contributed by atoms with Crippen molar-refractivity contribution in [1.82, 2.24) is 19.8 Å². The van der Waals surface area contributed by atoms with Gasteiger partial charge in [0.05, 0.1) is 7.11 Å². The maximum absolute atomic E-state index is 5.74. The van der Waals surface area contributed by atoms with Gasteiger partial charge in [0, 0.05) is 7.11 Å². The lowest BCUT2D eigenvalue weighted by atomic mass is 10.3. The van der Waals surface area contributed by atoms with Crippen molar-refractivity contribution < 1.29 is 14.2 Å². The van der Waals surface area contributed by atoms with E-state index in [1.807, 2.05) is 24.3 Å². The molecule has 3 rings (SSSR count). The first-order chi connectivity index (χ1) is 10.3. The number of nitrogens with zero attached hydrogens (tertiary/aromatic N) is 4. The summed E-state index contributed by atoms with van der Waals surface area (Å²) in [6.45, 7) is 0.721. The van der Waals surface area contributed by atoms with Gasteiger partial charge >= 0.3 is 0 Å². The second-order valence-corrected chi connectivity index (χ2v) is 5.22. The minimum atomic E-state index is 0.348. The molecule has 2 aromatic heterocycles. The van der Waals surface area contributed by atoms with Gasteiger partial charge in [-0.3, -0.25) is 0 Å². The van der Waals surface area contributed by atoms with Crippen LogP contribution in [0.4, 0.5) is 0 Å². The second kappa shape index (κ2) is 6.06. The summed E-state index contributed by atoms with van der Waals surface area (Å²) in [7, 11) is 3.22. The highest BCUT2D eigenvalue weighted by atomic mass is 32.1.